The van der Waals surface area contributed by atoms with Crippen LogP contribution in [0.4, 0.5) is 0 Å². The molecule has 1 heterocycles. The third kappa shape index (κ3) is 0.946. The van der Waals surface area contributed by atoms with Gasteiger partial charge in [-0.3, -0.25) is 4.79 Å². The van der Waals surface area contributed by atoms with Gasteiger partial charge in [-0.15, -0.1) is 0 Å². The zero-order chi connectivity index (χ0) is 7.84. The normalized spacial score (nSPS) is 22.3. The van der Waals surface area contributed by atoms with Crippen LogP contribution in [-0.2, 0) is 4.79 Å². The van der Waals surface area contributed by atoms with Crippen molar-refractivity contribution < 1.29 is 4.79 Å². The van der Waals surface area contributed by atoms with Gasteiger partial charge >= 0.3 is 0 Å². The molecule has 1 amide bonds. The standard InChI is InChI=1S/C9H9NO/c1-6-5-7-3-2-4-8(7)10-9(6)11/h3,5H,2,4H2,1H3. The number of hydrogen-bond acceptors (Lipinski definition) is 1. The lowest BCUT2D eigenvalue weighted by Gasteiger charge is -2.06. The molecule has 0 N–H and O–H groups in total. The molecule has 0 spiro atoms. The highest BCUT2D eigenvalue weighted by Gasteiger charge is 2.18. The Morgan fingerprint density at radius 3 is 3.18 bits per heavy atom. The Bertz CT molecular complexity index is 308. The number of allylic oxidation sites excluding steroid dienone is 3. The number of carbonyl (C=O) groups excluding carboxylic acids is 1. The first-order valence-corrected chi connectivity index (χ1v) is 3.78. The molecular formula is C9H9NO. The Kier molecular flexibility index (Phi) is 1.28. The monoisotopic (exact) mass is 147 g/mol. The van der Waals surface area contributed by atoms with E-state index in [0.29, 0.717) is 0 Å². The minimum Gasteiger partial charge on any atom is -0.267 e. The van der Waals surface area contributed by atoms with Gasteiger partial charge in [-0.25, -0.2) is 4.99 Å². The fourth-order valence-corrected chi connectivity index (χ4v) is 1.39. The van der Waals surface area contributed by atoms with E-state index < -0.39 is 0 Å². The van der Waals surface area contributed by atoms with Crippen molar-refractivity contribution in [3.63, 3.8) is 0 Å². The zero-order valence-corrected chi connectivity index (χ0v) is 6.42. The highest BCUT2D eigenvalue weighted by Crippen LogP contribution is 2.22. The topological polar surface area (TPSA) is 29.4 Å². The van der Waals surface area contributed by atoms with Crippen molar-refractivity contribution in [1.29, 1.82) is 0 Å². The van der Waals surface area contributed by atoms with Gasteiger partial charge in [-0.05, 0) is 31.4 Å². The average Bonchev–Trinajstić information content (AvgIpc) is 2.36. The molecule has 0 aromatic carbocycles. The second kappa shape index (κ2) is 2.16. The van der Waals surface area contributed by atoms with Gasteiger partial charge in [-0.2, -0.15) is 0 Å². The average molecular weight is 147 g/mol. The van der Waals surface area contributed by atoms with Gasteiger partial charge in [-0.1, -0.05) is 6.08 Å². The summed E-state index contributed by atoms with van der Waals surface area (Å²) < 4.78 is 0. The van der Waals surface area contributed by atoms with E-state index in [-0.39, 0.29) is 5.91 Å². The zero-order valence-electron chi connectivity index (χ0n) is 6.42. The number of aliphatic imine (C=N–C) groups is 1. The number of nitrogens with zero attached hydrogens (tertiary/aromatic N) is 1. The van der Waals surface area contributed by atoms with Crippen LogP contribution >= 0.6 is 0 Å². The summed E-state index contributed by atoms with van der Waals surface area (Å²) in [5.41, 5.74) is 2.88. The predicted molar refractivity (Wildman–Crippen MR) is 43.5 cm³/mol. The molecular weight excluding hydrogens is 138 g/mol. The van der Waals surface area contributed by atoms with E-state index in [4.69, 9.17) is 0 Å². The molecule has 0 saturated heterocycles. The first-order valence-electron chi connectivity index (χ1n) is 3.78. The Morgan fingerprint density at radius 1 is 1.55 bits per heavy atom. The molecule has 0 radical (unpaired) electrons. The van der Waals surface area contributed by atoms with E-state index in [1.807, 2.05) is 13.0 Å². The van der Waals surface area contributed by atoms with Crippen LogP contribution in [0.5, 0.6) is 0 Å². The maximum atomic E-state index is 11.1. The SMILES string of the molecule is CC1=CC2=CCCC2=NC1=O. The first-order chi connectivity index (χ1) is 5.27. The lowest BCUT2D eigenvalue weighted by atomic mass is 10.1. The van der Waals surface area contributed by atoms with Gasteiger partial charge in [0.2, 0.25) is 0 Å². The molecule has 2 rings (SSSR count). The van der Waals surface area contributed by atoms with E-state index in [1.54, 1.807) is 0 Å². The van der Waals surface area contributed by atoms with E-state index in [2.05, 4.69) is 11.1 Å². The number of fused-ring (bicyclic) bond motifs is 1. The summed E-state index contributed by atoms with van der Waals surface area (Å²) in [6.45, 7) is 1.81. The summed E-state index contributed by atoms with van der Waals surface area (Å²) in [6, 6.07) is 0. The predicted octanol–water partition coefficient (Wildman–Crippen LogP) is 1.63. The van der Waals surface area contributed by atoms with E-state index in [1.165, 1.54) is 0 Å². The van der Waals surface area contributed by atoms with Crippen LogP contribution in [0.3, 0.4) is 0 Å². The number of carbonyl (C=O) groups is 1. The fourth-order valence-electron chi connectivity index (χ4n) is 1.39. The van der Waals surface area contributed by atoms with Crippen LogP contribution in [-0.4, -0.2) is 11.6 Å². The third-order valence-electron chi connectivity index (χ3n) is 2.02. The third-order valence-corrected chi connectivity index (χ3v) is 2.02. The van der Waals surface area contributed by atoms with Crippen LogP contribution in [0.15, 0.2) is 28.3 Å². The van der Waals surface area contributed by atoms with Gasteiger partial charge in [0.05, 0.1) is 5.71 Å². The van der Waals surface area contributed by atoms with Crippen molar-refractivity contribution in [1.82, 2.24) is 0 Å². The van der Waals surface area contributed by atoms with Crippen molar-refractivity contribution in [2.24, 2.45) is 4.99 Å². The first kappa shape index (κ1) is 6.53. The van der Waals surface area contributed by atoms with Gasteiger partial charge in [0, 0.05) is 5.57 Å². The van der Waals surface area contributed by atoms with E-state index in [9.17, 15) is 4.79 Å². The lowest BCUT2D eigenvalue weighted by molar-refractivity contribution is -0.114. The molecule has 0 atom stereocenters. The summed E-state index contributed by atoms with van der Waals surface area (Å²) >= 11 is 0. The highest BCUT2D eigenvalue weighted by molar-refractivity contribution is 6.16. The van der Waals surface area contributed by atoms with E-state index >= 15 is 0 Å². The summed E-state index contributed by atoms with van der Waals surface area (Å²) in [5.74, 6) is -0.0703. The second-order valence-corrected chi connectivity index (χ2v) is 2.89. The quantitative estimate of drug-likeness (QED) is 0.512. The number of amides is 1. The van der Waals surface area contributed by atoms with Crippen molar-refractivity contribution >= 4 is 11.6 Å². The van der Waals surface area contributed by atoms with Crippen molar-refractivity contribution in [2.75, 3.05) is 0 Å². The molecule has 2 aliphatic rings. The summed E-state index contributed by atoms with van der Waals surface area (Å²) in [5, 5.41) is 0. The fraction of sp³-hybridized carbons (Fsp3) is 0.333. The van der Waals surface area contributed by atoms with Crippen molar-refractivity contribution in [3.8, 4) is 0 Å². The molecule has 0 fully saturated rings. The molecule has 2 nitrogen and oxygen atoms in total. The summed E-state index contributed by atoms with van der Waals surface area (Å²) in [4.78, 5) is 15.0. The van der Waals surface area contributed by atoms with Crippen LogP contribution < -0.4 is 0 Å². The minimum absolute atomic E-state index is 0.0703. The molecule has 2 heteroatoms. The van der Waals surface area contributed by atoms with Crippen molar-refractivity contribution in [2.45, 2.75) is 19.8 Å². The van der Waals surface area contributed by atoms with E-state index in [0.717, 1.165) is 29.7 Å². The van der Waals surface area contributed by atoms with Crippen LogP contribution in [0.2, 0.25) is 0 Å². The van der Waals surface area contributed by atoms with Crippen LogP contribution in [0, 0.1) is 0 Å². The van der Waals surface area contributed by atoms with Gasteiger partial charge in [0.25, 0.3) is 5.91 Å². The molecule has 0 aromatic heterocycles. The van der Waals surface area contributed by atoms with Crippen molar-refractivity contribution in [3.05, 3.63) is 23.3 Å². The molecule has 11 heavy (non-hydrogen) atoms. The maximum Gasteiger partial charge on any atom is 0.272 e. The Labute approximate surface area is 65.3 Å². The number of rotatable bonds is 0. The largest absolute Gasteiger partial charge is 0.272 e. The summed E-state index contributed by atoms with van der Waals surface area (Å²) in [6.07, 6.45) is 6.03. The molecule has 0 saturated carbocycles. The molecule has 56 valence electrons. The number of hydrogen-bond donors (Lipinski definition) is 0. The maximum absolute atomic E-state index is 11.1. The van der Waals surface area contributed by atoms with Gasteiger partial charge in [0.15, 0.2) is 0 Å². The molecule has 1 aliphatic carbocycles. The number of dihydropyridines is 1. The van der Waals surface area contributed by atoms with Crippen LogP contribution in [0.1, 0.15) is 19.8 Å². The van der Waals surface area contributed by atoms with Crippen LogP contribution in [0.25, 0.3) is 0 Å². The molecule has 0 unspecified atom stereocenters. The second-order valence-electron chi connectivity index (χ2n) is 2.89. The Balaban J connectivity index is 2.46. The van der Waals surface area contributed by atoms with Gasteiger partial charge in [0.1, 0.15) is 0 Å². The summed E-state index contributed by atoms with van der Waals surface area (Å²) in [7, 11) is 0. The lowest BCUT2D eigenvalue weighted by Crippen LogP contribution is -2.08. The molecule has 0 aromatic rings. The molecule has 1 aliphatic heterocycles. The molecule has 0 bridgehead atoms. The minimum atomic E-state index is -0.0703. The Hall–Kier alpha value is -1.18. The van der Waals surface area contributed by atoms with Gasteiger partial charge < -0.3 is 0 Å². The highest BCUT2D eigenvalue weighted by atomic mass is 16.1. The smallest absolute Gasteiger partial charge is 0.267 e. The Morgan fingerprint density at radius 2 is 2.36 bits per heavy atom.